The number of nitrogens with zero attached hydrogens (tertiary/aromatic N) is 3. The van der Waals surface area contributed by atoms with Crippen LogP contribution in [0, 0.1) is 12.7 Å². The molecule has 2 unspecified atom stereocenters. The van der Waals surface area contributed by atoms with Gasteiger partial charge in [-0.05, 0) is 55.7 Å². The number of amides is 1. The lowest BCUT2D eigenvalue weighted by atomic mass is 10.1. The number of ether oxygens (including phenoxy) is 1. The van der Waals surface area contributed by atoms with Crippen LogP contribution in [-0.2, 0) is 11.3 Å². The molecule has 0 spiro atoms. The summed E-state index contributed by atoms with van der Waals surface area (Å²) < 4.78 is 21.0. The molecule has 0 bridgehead atoms. The van der Waals surface area contributed by atoms with Crippen LogP contribution in [0.2, 0.25) is 0 Å². The average molecular weight is 460 g/mol. The number of carbonyl (C=O) groups excluding carboxylic acids is 1. The SMILES string of the molecule is Cc1nn(Cc2ccc(F)cc2)c2sc(C(=O)N(CC3CCCO3)C3CCSC3)cc12. The molecule has 2 aromatic heterocycles. The summed E-state index contributed by atoms with van der Waals surface area (Å²) in [5.74, 6) is 1.97. The molecule has 1 aromatic carbocycles. The summed E-state index contributed by atoms with van der Waals surface area (Å²) in [5, 5.41) is 5.68. The third-order valence-corrected chi connectivity index (χ3v) is 8.38. The zero-order valence-corrected chi connectivity index (χ0v) is 19.2. The van der Waals surface area contributed by atoms with Crippen LogP contribution in [0.15, 0.2) is 30.3 Å². The van der Waals surface area contributed by atoms with Gasteiger partial charge in [-0.25, -0.2) is 4.39 Å². The van der Waals surface area contributed by atoms with Crippen molar-refractivity contribution in [1.29, 1.82) is 0 Å². The first-order valence-corrected chi connectivity index (χ1v) is 12.8. The summed E-state index contributed by atoms with van der Waals surface area (Å²) in [6.07, 6.45) is 3.31. The third kappa shape index (κ3) is 4.38. The lowest BCUT2D eigenvalue weighted by molar-refractivity contribution is 0.0445. The summed E-state index contributed by atoms with van der Waals surface area (Å²) in [5.41, 5.74) is 1.89. The summed E-state index contributed by atoms with van der Waals surface area (Å²) in [6.45, 7) is 4.01. The Balaban J connectivity index is 1.42. The highest BCUT2D eigenvalue weighted by atomic mass is 32.2. The Morgan fingerprint density at radius 1 is 1.32 bits per heavy atom. The quantitative estimate of drug-likeness (QED) is 0.535. The minimum atomic E-state index is -0.244. The van der Waals surface area contributed by atoms with E-state index in [0.29, 0.717) is 13.1 Å². The molecular formula is C23H26FN3O2S2. The van der Waals surface area contributed by atoms with Crippen LogP contribution in [0.4, 0.5) is 4.39 Å². The van der Waals surface area contributed by atoms with Crippen molar-refractivity contribution in [3.63, 3.8) is 0 Å². The van der Waals surface area contributed by atoms with Crippen LogP contribution in [0.1, 0.15) is 40.2 Å². The summed E-state index contributed by atoms with van der Waals surface area (Å²) in [4.78, 5) is 17.4. The highest BCUT2D eigenvalue weighted by Crippen LogP contribution is 2.32. The Kier molecular flexibility index (Phi) is 6.03. The van der Waals surface area contributed by atoms with E-state index in [1.54, 1.807) is 12.1 Å². The van der Waals surface area contributed by atoms with Crippen molar-refractivity contribution < 1.29 is 13.9 Å². The lowest BCUT2D eigenvalue weighted by Gasteiger charge is -2.30. The number of fused-ring (bicyclic) bond motifs is 1. The zero-order chi connectivity index (χ0) is 21.4. The third-order valence-electron chi connectivity index (χ3n) is 6.10. The second kappa shape index (κ2) is 8.92. The minimum absolute atomic E-state index is 0.108. The number of hydrogen-bond acceptors (Lipinski definition) is 5. The van der Waals surface area contributed by atoms with Gasteiger partial charge in [-0.1, -0.05) is 12.1 Å². The van der Waals surface area contributed by atoms with Gasteiger partial charge in [0.25, 0.3) is 5.91 Å². The van der Waals surface area contributed by atoms with Crippen LogP contribution >= 0.6 is 23.1 Å². The summed E-state index contributed by atoms with van der Waals surface area (Å²) in [6, 6.07) is 8.77. The topological polar surface area (TPSA) is 47.4 Å². The van der Waals surface area contributed by atoms with Crippen molar-refractivity contribution in [2.75, 3.05) is 24.7 Å². The fourth-order valence-corrected chi connectivity index (χ4v) is 6.74. The van der Waals surface area contributed by atoms with E-state index in [4.69, 9.17) is 4.74 Å². The Morgan fingerprint density at radius 2 is 2.16 bits per heavy atom. The first-order valence-electron chi connectivity index (χ1n) is 10.8. The molecule has 0 N–H and O–H groups in total. The molecule has 0 aliphatic carbocycles. The number of rotatable bonds is 6. The lowest BCUT2D eigenvalue weighted by Crippen LogP contribution is -2.44. The van der Waals surface area contributed by atoms with Gasteiger partial charge in [0.2, 0.25) is 0 Å². The molecule has 1 amide bonds. The van der Waals surface area contributed by atoms with Gasteiger partial charge < -0.3 is 9.64 Å². The van der Waals surface area contributed by atoms with Gasteiger partial charge in [-0.3, -0.25) is 9.48 Å². The van der Waals surface area contributed by atoms with Crippen LogP contribution in [-0.4, -0.2) is 57.4 Å². The molecule has 2 aliphatic heterocycles. The zero-order valence-electron chi connectivity index (χ0n) is 17.6. The first kappa shape index (κ1) is 21.0. The van der Waals surface area contributed by atoms with E-state index in [2.05, 4.69) is 10.00 Å². The van der Waals surface area contributed by atoms with Crippen LogP contribution in [0.5, 0.6) is 0 Å². The number of hydrogen-bond donors (Lipinski definition) is 0. The van der Waals surface area contributed by atoms with Gasteiger partial charge in [0.15, 0.2) is 0 Å². The second-order valence-corrected chi connectivity index (χ2v) is 10.5. The first-order chi connectivity index (χ1) is 15.1. The van der Waals surface area contributed by atoms with Crippen LogP contribution < -0.4 is 0 Å². The van der Waals surface area contributed by atoms with Gasteiger partial charge in [0.05, 0.1) is 23.2 Å². The summed E-state index contributed by atoms with van der Waals surface area (Å²) in [7, 11) is 0. The number of thioether (sulfide) groups is 1. The maximum absolute atomic E-state index is 13.6. The Bertz CT molecular complexity index is 1070. The number of thiophene rings is 1. The molecular weight excluding hydrogens is 433 g/mol. The molecule has 3 aromatic rings. The fraction of sp³-hybridized carbons (Fsp3) is 0.478. The minimum Gasteiger partial charge on any atom is -0.376 e. The van der Waals surface area contributed by atoms with Crippen LogP contribution in [0.3, 0.4) is 0 Å². The molecule has 8 heteroatoms. The maximum Gasteiger partial charge on any atom is 0.264 e. The van der Waals surface area contributed by atoms with Crippen LogP contribution in [0.25, 0.3) is 10.2 Å². The summed E-state index contributed by atoms with van der Waals surface area (Å²) >= 11 is 3.43. The number of benzene rings is 1. The van der Waals surface area contributed by atoms with Gasteiger partial charge in [0, 0.05) is 30.3 Å². The Hall–Kier alpha value is -1.90. The van der Waals surface area contributed by atoms with Crippen molar-refractivity contribution >= 4 is 39.2 Å². The number of aryl methyl sites for hydroxylation is 1. The van der Waals surface area contributed by atoms with E-state index >= 15 is 0 Å². The number of carbonyl (C=O) groups is 1. The van der Waals surface area contributed by atoms with Gasteiger partial charge >= 0.3 is 0 Å². The molecule has 0 radical (unpaired) electrons. The highest BCUT2D eigenvalue weighted by Gasteiger charge is 2.32. The highest BCUT2D eigenvalue weighted by molar-refractivity contribution is 7.99. The average Bonchev–Trinajstić information content (AvgIpc) is 3.56. The predicted octanol–water partition coefficient (Wildman–Crippen LogP) is 4.72. The molecule has 31 heavy (non-hydrogen) atoms. The molecule has 2 saturated heterocycles. The fourth-order valence-electron chi connectivity index (χ4n) is 4.40. The molecule has 2 fully saturated rings. The smallest absolute Gasteiger partial charge is 0.264 e. The largest absolute Gasteiger partial charge is 0.376 e. The van der Waals surface area contributed by atoms with Gasteiger partial charge in [-0.15, -0.1) is 11.3 Å². The molecule has 2 aliphatic rings. The van der Waals surface area contributed by atoms with Crippen molar-refractivity contribution in [2.24, 2.45) is 0 Å². The molecule has 5 nitrogen and oxygen atoms in total. The molecule has 5 rings (SSSR count). The molecule has 0 saturated carbocycles. The van der Waals surface area contributed by atoms with E-state index < -0.39 is 0 Å². The van der Waals surface area contributed by atoms with E-state index in [1.807, 2.05) is 29.4 Å². The Morgan fingerprint density at radius 3 is 2.87 bits per heavy atom. The number of aromatic nitrogens is 2. The second-order valence-electron chi connectivity index (χ2n) is 8.31. The van der Waals surface area contributed by atoms with Gasteiger partial charge in [-0.2, -0.15) is 16.9 Å². The standard InChI is InChI=1S/C23H26FN3O2S2/c1-15-20-11-21(31-23(20)27(25-15)12-16-4-6-17(24)7-5-16)22(28)26(18-8-10-30-14-18)13-19-3-2-9-29-19/h4-7,11,18-19H,2-3,8-10,12-14H2,1H3. The van der Waals surface area contributed by atoms with Crippen molar-refractivity contribution in [3.05, 3.63) is 52.3 Å². The van der Waals surface area contributed by atoms with E-state index in [9.17, 15) is 9.18 Å². The van der Waals surface area contributed by atoms with E-state index in [1.165, 1.54) is 23.5 Å². The predicted molar refractivity (Wildman–Crippen MR) is 124 cm³/mol. The van der Waals surface area contributed by atoms with E-state index in [-0.39, 0.29) is 23.9 Å². The maximum atomic E-state index is 13.6. The van der Waals surface area contributed by atoms with Gasteiger partial charge in [0.1, 0.15) is 10.6 Å². The monoisotopic (exact) mass is 459 g/mol. The van der Waals surface area contributed by atoms with Crippen molar-refractivity contribution in [3.8, 4) is 0 Å². The molecule has 164 valence electrons. The van der Waals surface area contributed by atoms with Crippen molar-refractivity contribution in [1.82, 2.24) is 14.7 Å². The molecule has 2 atom stereocenters. The Labute approximate surface area is 189 Å². The van der Waals surface area contributed by atoms with Crippen molar-refractivity contribution in [2.45, 2.75) is 44.9 Å². The normalized spacial score (nSPS) is 21.2. The van der Waals surface area contributed by atoms with E-state index in [0.717, 1.165) is 63.7 Å². The molecule has 4 heterocycles. The number of halogens is 1.